The van der Waals surface area contributed by atoms with Crippen molar-refractivity contribution >= 4 is 10.8 Å². The molecule has 230 valence electrons. The third kappa shape index (κ3) is 9.12. The first kappa shape index (κ1) is 32.2. The summed E-state index contributed by atoms with van der Waals surface area (Å²) in [5.41, 5.74) is 1.50. The first-order valence-electron chi connectivity index (χ1n) is 14.4. The van der Waals surface area contributed by atoms with Gasteiger partial charge in [-0.05, 0) is 66.3 Å². The quantitative estimate of drug-likeness (QED) is 0.105. The number of aryl methyl sites for hydroxylation is 3. The lowest BCUT2D eigenvalue weighted by molar-refractivity contribution is -0.275. The molecule has 4 aromatic rings. The van der Waals surface area contributed by atoms with E-state index in [0.717, 1.165) is 49.8 Å². The summed E-state index contributed by atoms with van der Waals surface area (Å²) in [6.45, 7) is 2.54. The molecule has 0 spiro atoms. The Morgan fingerprint density at radius 1 is 0.651 bits per heavy atom. The Kier molecular flexibility index (Phi) is 10.9. The summed E-state index contributed by atoms with van der Waals surface area (Å²) >= 11 is 0. The third-order valence-corrected chi connectivity index (χ3v) is 7.30. The van der Waals surface area contributed by atoms with Gasteiger partial charge >= 0.3 is 6.36 Å². The molecule has 0 heterocycles. The molecule has 0 atom stereocenters. The van der Waals surface area contributed by atoms with Crippen LogP contribution in [0.15, 0.2) is 60.7 Å². The number of rotatable bonds is 14. The van der Waals surface area contributed by atoms with Crippen molar-refractivity contribution in [2.45, 2.75) is 71.1 Å². The fraction of sp³-hybridized carbons (Fsp3) is 0.353. The van der Waals surface area contributed by atoms with E-state index >= 15 is 4.39 Å². The van der Waals surface area contributed by atoms with Crippen LogP contribution in [0.25, 0.3) is 10.8 Å². The summed E-state index contributed by atoms with van der Waals surface area (Å²) in [7, 11) is 0. The predicted molar refractivity (Wildman–Crippen MR) is 152 cm³/mol. The van der Waals surface area contributed by atoms with Gasteiger partial charge in [0.15, 0.2) is 11.6 Å². The van der Waals surface area contributed by atoms with Crippen LogP contribution < -0.4 is 9.47 Å². The first-order valence-corrected chi connectivity index (χ1v) is 14.4. The average molecular weight is 607 g/mol. The Balaban J connectivity index is 1.36. The molecule has 0 saturated heterocycles. The predicted octanol–water partition coefficient (Wildman–Crippen LogP) is 10.2. The van der Waals surface area contributed by atoms with E-state index in [9.17, 15) is 26.3 Å². The monoisotopic (exact) mass is 606 g/mol. The Hall–Kier alpha value is -3.75. The molecule has 4 rings (SSSR count). The minimum atomic E-state index is -5.00. The largest absolute Gasteiger partial charge is 0.573 e. The van der Waals surface area contributed by atoms with Gasteiger partial charge in [-0.3, -0.25) is 0 Å². The highest BCUT2D eigenvalue weighted by molar-refractivity contribution is 5.84. The van der Waals surface area contributed by atoms with E-state index in [1.807, 2.05) is 0 Å². The molecular formula is C34H33F7O2. The summed E-state index contributed by atoms with van der Waals surface area (Å²) in [6.07, 6.45) is 1.08. The molecule has 0 bridgehead atoms. The zero-order valence-electron chi connectivity index (χ0n) is 23.8. The second-order valence-electron chi connectivity index (χ2n) is 10.5. The smallest absolute Gasteiger partial charge is 0.493 e. The Morgan fingerprint density at radius 3 is 2.02 bits per heavy atom. The van der Waals surface area contributed by atoms with E-state index in [1.54, 1.807) is 30.3 Å². The molecule has 0 fully saturated rings. The van der Waals surface area contributed by atoms with Crippen LogP contribution in [0.5, 0.6) is 11.5 Å². The van der Waals surface area contributed by atoms with Gasteiger partial charge in [-0.2, -0.15) is 0 Å². The lowest BCUT2D eigenvalue weighted by Gasteiger charge is -2.12. The lowest BCUT2D eigenvalue weighted by atomic mass is 9.97. The molecule has 0 saturated carbocycles. The van der Waals surface area contributed by atoms with Gasteiger partial charge in [0.2, 0.25) is 0 Å². The maximum absolute atomic E-state index is 15.3. The minimum Gasteiger partial charge on any atom is -0.493 e. The summed E-state index contributed by atoms with van der Waals surface area (Å²) in [5.74, 6) is -3.70. The van der Waals surface area contributed by atoms with Crippen molar-refractivity contribution in [3.8, 4) is 11.5 Å². The van der Waals surface area contributed by atoms with Gasteiger partial charge in [-0.15, -0.1) is 13.2 Å². The number of alkyl halides is 3. The number of unbranched alkanes of at least 4 members (excludes halogenated alkanes) is 4. The van der Waals surface area contributed by atoms with Gasteiger partial charge in [0, 0.05) is 23.1 Å². The SMILES string of the molecule is CCCCCCCOc1cc(F)c(CCc2ccc3c(F)c(CCc4ccc(OC(F)(F)F)c(F)c4)ccc3c2)c(F)c1. The van der Waals surface area contributed by atoms with E-state index in [4.69, 9.17) is 4.74 Å². The van der Waals surface area contributed by atoms with Crippen molar-refractivity contribution < 1.29 is 40.2 Å². The van der Waals surface area contributed by atoms with E-state index in [1.165, 1.54) is 18.2 Å². The topological polar surface area (TPSA) is 18.5 Å². The Labute approximate surface area is 246 Å². The molecule has 0 aliphatic heterocycles. The molecule has 0 N–H and O–H groups in total. The molecule has 0 radical (unpaired) electrons. The molecule has 43 heavy (non-hydrogen) atoms. The number of benzene rings is 4. The van der Waals surface area contributed by atoms with Crippen LogP contribution in [-0.2, 0) is 25.7 Å². The average Bonchev–Trinajstić information content (AvgIpc) is 2.95. The van der Waals surface area contributed by atoms with Crippen molar-refractivity contribution in [2.24, 2.45) is 0 Å². The normalized spacial score (nSPS) is 11.7. The maximum atomic E-state index is 15.3. The summed E-state index contributed by atoms with van der Waals surface area (Å²) in [5, 5.41) is 0.969. The first-order chi connectivity index (χ1) is 20.5. The number of hydrogen-bond acceptors (Lipinski definition) is 2. The van der Waals surface area contributed by atoms with E-state index in [0.29, 0.717) is 34.9 Å². The zero-order chi connectivity index (χ0) is 31.0. The summed E-state index contributed by atoms with van der Waals surface area (Å²) < 4.78 is 105. The van der Waals surface area contributed by atoms with E-state index in [2.05, 4.69) is 11.7 Å². The van der Waals surface area contributed by atoms with Crippen LogP contribution in [0.3, 0.4) is 0 Å². The Bertz CT molecular complexity index is 1510. The third-order valence-electron chi connectivity index (χ3n) is 7.30. The second kappa shape index (κ2) is 14.6. The van der Waals surface area contributed by atoms with Crippen molar-refractivity contribution in [2.75, 3.05) is 6.61 Å². The van der Waals surface area contributed by atoms with Crippen molar-refractivity contribution in [3.05, 3.63) is 106 Å². The molecule has 0 aliphatic carbocycles. The molecule has 0 aliphatic rings. The molecule has 4 aromatic carbocycles. The van der Waals surface area contributed by atoms with Gasteiger partial charge in [0.25, 0.3) is 0 Å². The van der Waals surface area contributed by atoms with Crippen LogP contribution in [0.1, 0.15) is 61.3 Å². The fourth-order valence-electron chi connectivity index (χ4n) is 4.99. The van der Waals surface area contributed by atoms with Gasteiger partial charge < -0.3 is 9.47 Å². The van der Waals surface area contributed by atoms with Crippen molar-refractivity contribution in [1.29, 1.82) is 0 Å². The summed E-state index contributed by atoms with van der Waals surface area (Å²) in [6, 6.07) is 14.0. The standard InChI is InChI=1S/C34H33F7O2/c1-2-3-4-5-6-17-42-26-20-29(35)28(30(36)21-26)15-9-22-8-14-27-25(18-22)13-12-24(33(27)38)11-7-23-10-16-32(31(37)19-23)43-34(39,40)41/h8,10,12-14,16,18-21H,2-7,9,11,15,17H2,1H3. The van der Waals surface area contributed by atoms with Gasteiger partial charge in [-0.25, -0.2) is 17.6 Å². The highest BCUT2D eigenvalue weighted by atomic mass is 19.4. The molecule has 0 amide bonds. The Morgan fingerprint density at radius 2 is 1.33 bits per heavy atom. The van der Waals surface area contributed by atoms with Crippen molar-refractivity contribution in [3.63, 3.8) is 0 Å². The van der Waals surface area contributed by atoms with E-state index in [-0.39, 0.29) is 30.6 Å². The number of hydrogen-bond donors (Lipinski definition) is 0. The number of ether oxygens (including phenoxy) is 2. The van der Waals surface area contributed by atoms with Gasteiger partial charge in [0.05, 0.1) is 6.61 Å². The highest BCUT2D eigenvalue weighted by Crippen LogP contribution is 2.28. The molecular weight excluding hydrogens is 573 g/mol. The summed E-state index contributed by atoms with van der Waals surface area (Å²) in [4.78, 5) is 0. The lowest BCUT2D eigenvalue weighted by Crippen LogP contribution is -2.18. The number of fused-ring (bicyclic) bond motifs is 1. The van der Waals surface area contributed by atoms with Gasteiger partial charge in [-0.1, -0.05) is 69.0 Å². The molecule has 0 unspecified atom stereocenters. The van der Waals surface area contributed by atoms with Crippen molar-refractivity contribution in [1.82, 2.24) is 0 Å². The van der Waals surface area contributed by atoms with Crippen LogP contribution in [0.2, 0.25) is 0 Å². The van der Waals surface area contributed by atoms with Crippen LogP contribution in [0, 0.1) is 23.3 Å². The van der Waals surface area contributed by atoms with Gasteiger partial charge in [0.1, 0.15) is 23.2 Å². The molecule has 2 nitrogen and oxygen atoms in total. The van der Waals surface area contributed by atoms with Crippen LogP contribution >= 0.6 is 0 Å². The maximum Gasteiger partial charge on any atom is 0.573 e. The molecule has 9 heteroatoms. The highest BCUT2D eigenvalue weighted by Gasteiger charge is 2.32. The molecule has 0 aromatic heterocycles. The van der Waals surface area contributed by atoms with Crippen LogP contribution in [0.4, 0.5) is 30.7 Å². The zero-order valence-corrected chi connectivity index (χ0v) is 23.8. The van der Waals surface area contributed by atoms with Crippen LogP contribution in [-0.4, -0.2) is 13.0 Å². The minimum absolute atomic E-state index is 0.0358. The van der Waals surface area contributed by atoms with E-state index < -0.39 is 35.4 Å². The fourth-order valence-corrected chi connectivity index (χ4v) is 4.99. The number of halogens is 7. The second-order valence-corrected chi connectivity index (χ2v) is 10.5.